The normalized spacial score (nSPS) is 18.5. The molecule has 0 N–H and O–H groups in total. The number of carbonyl (C=O) groups is 1. The molecule has 180 valence electrons. The van der Waals surface area contributed by atoms with Gasteiger partial charge in [-0.3, -0.25) is 4.79 Å². The van der Waals surface area contributed by atoms with Crippen LogP contribution in [0, 0.1) is 5.41 Å². The van der Waals surface area contributed by atoms with E-state index in [0.717, 1.165) is 24.0 Å². The third-order valence-electron chi connectivity index (χ3n) is 6.22. The molecule has 0 saturated heterocycles. The molecule has 0 aliphatic heterocycles. The highest BCUT2D eigenvalue weighted by atomic mass is 32.2. The van der Waals surface area contributed by atoms with Gasteiger partial charge in [0.2, 0.25) is 0 Å². The molecule has 4 nitrogen and oxygen atoms in total. The fourth-order valence-corrected chi connectivity index (χ4v) is 6.08. The van der Waals surface area contributed by atoms with Crippen LogP contribution < -0.4 is 0 Å². The number of benzene rings is 1. The van der Waals surface area contributed by atoms with E-state index in [9.17, 15) is 13.2 Å². The quantitative estimate of drug-likeness (QED) is 0.227. The van der Waals surface area contributed by atoms with Gasteiger partial charge in [-0.15, -0.1) is 0 Å². The van der Waals surface area contributed by atoms with Crippen LogP contribution >= 0.6 is 0 Å². The van der Waals surface area contributed by atoms with Gasteiger partial charge in [0.15, 0.2) is 9.84 Å². The first-order valence-corrected chi connectivity index (χ1v) is 13.1. The van der Waals surface area contributed by atoms with E-state index in [4.69, 9.17) is 4.74 Å². The van der Waals surface area contributed by atoms with Gasteiger partial charge in [-0.25, -0.2) is 8.42 Å². The molecule has 5 heteroatoms. The van der Waals surface area contributed by atoms with Crippen LogP contribution in [-0.4, -0.2) is 26.2 Å². The van der Waals surface area contributed by atoms with Crippen LogP contribution in [-0.2, 0) is 19.4 Å². The van der Waals surface area contributed by atoms with Crippen LogP contribution in [0.25, 0.3) is 0 Å². The SMILES string of the molecule is CC(=O)OC/C=C(\C)CC(/C=C(C)/C=C/C1=C(C)CCCC1(C)C)S(=O)(=O)c1ccccc1. The molecule has 33 heavy (non-hydrogen) atoms. The van der Waals surface area contributed by atoms with E-state index in [0.29, 0.717) is 11.3 Å². The zero-order valence-corrected chi connectivity index (χ0v) is 21.7. The Bertz CT molecular complexity index is 1050. The Morgan fingerprint density at radius 1 is 1.15 bits per heavy atom. The smallest absolute Gasteiger partial charge is 0.302 e. The van der Waals surface area contributed by atoms with Crippen LogP contribution in [0.3, 0.4) is 0 Å². The second-order valence-corrected chi connectivity index (χ2v) is 11.8. The predicted molar refractivity (Wildman–Crippen MR) is 136 cm³/mol. The van der Waals surface area contributed by atoms with Crippen LogP contribution in [0.1, 0.15) is 67.2 Å². The van der Waals surface area contributed by atoms with Crippen molar-refractivity contribution in [1.29, 1.82) is 0 Å². The fourth-order valence-electron chi connectivity index (χ4n) is 4.32. The highest BCUT2D eigenvalue weighted by Gasteiger charge is 2.27. The molecule has 0 fully saturated rings. The lowest BCUT2D eigenvalue weighted by Crippen LogP contribution is -2.20. The molecule has 0 radical (unpaired) electrons. The number of hydrogen-bond acceptors (Lipinski definition) is 4. The van der Waals surface area contributed by atoms with E-state index in [2.05, 4.69) is 26.8 Å². The van der Waals surface area contributed by atoms with Crippen molar-refractivity contribution in [1.82, 2.24) is 0 Å². The van der Waals surface area contributed by atoms with Gasteiger partial charge in [0.1, 0.15) is 6.61 Å². The monoisotopic (exact) mass is 470 g/mol. The molecule has 0 amide bonds. The predicted octanol–water partition coefficient (Wildman–Crippen LogP) is 6.76. The number of hydrogen-bond donors (Lipinski definition) is 0. The molecule has 1 aromatic carbocycles. The Hall–Kier alpha value is -2.40. The largest absolute Gasteiger partial charge is 0.462 e. The minimum atomic E-state index is -3.58. The van der Waals surface area contributed by atoms with Crippen molar-refractivity contribution in [3.63, 3.8) is 0 Å². The summed E-state index contributed by atoms with van der Waals surface area (Å²) in [6, 6.07) is 8.56. The molecule has 0 spiro atoms. The molecule has 0 heterocycles. The molecule has 1 unspecified atom stereocenters. The van der Waals surface area contributed by atoms with Crippen molar-refractivity contribution in [3.8, 4) is 0 Å². The summed E-state index contributed by atoms with van der Waals surface area (Å²) in [5.41, 5.74) is 4.66. The molecule has 1 atom stereocenters. The third kappa shape index (κ3) is 7.85. The lowest BCUT2D eigenvalue weighted by Gasteiger charge is -2.33. The highest BCUT2D eigenvalue weighted by Crippen LogP contribution is 2.40. The van der Waals surface area contributed by atoms with Gasteiger partial charge in [-0.05, 0) is 75.7 Å². The molecule has 1 aliphatic rings. The van der Waals surface area contributed by atoms with Gasteiger partial charge in [-0.2, -0.15) is 0 Å². The van der Waals surface area contributed by atoms with Gasteiger partial charge in [0.05, 0.1) is 10.1 Å². The summed E-state index contributed by atoms with van der Waals surface area (Å²) in [6.45, 7) is 12.1. The standard InChI is InChI=1S/C28H38O4S/c1-21(14-15-27-23(3)11-10-17-28(27,5)6)19-26(20-22(2)16-18-32-24(4)29)33(30,31)25-12-8-7-9-13-25/h7-9,12-16,19,26H,10-11,17-18,20H2,1-6H3/b15-14+,21-19+,22-16+. The van der Waals surface area contributed by atoms with E-state index >= 15 is 0 Å². The van der Waals surface area contributed by atoms with Gasteiger partial charge in [-0.1, -0.05) is 67.0 Å². The lowest BCUT2D eigenvalue weighted by atomic mass is 9.72. The lowest BCUT2D eigenvalue weighted by molar-refractivity contribution is -0.139. The van der Waals surface area contributed by atoms with E-state index in [1.54, 1.807) is 30.3 Å². The average molecular weight is 471 g/mol. The first-order chi connectivity index (χ1) is 15.4. The van der Waals surface area contributed by atoms with Crippen LogP contribution in [0.15, 0.2) is 81.8 Å². The minimum absolute atomic E-state index is 0.130. The van der Waals surface area contributed by atoms with Crippen molar-refractivity contribution in [2.24, 2.45) is 5.41 Å². The molecule has 0 aromatic heterocycles. The number of rotatable bonds is 9. The Labute approximate surface area is 200 Å². The van der Waals surface area contributed by atoms with Gasteiger partial charge in [0, 0.05) is 6.92 Å². The summed E-state index contributed by atoms with van der Waals surface area (Å²) in [7, 11) is -3.58. The van der Waals surface area contributed by atoms with Crippen molar-refractivity contribution in [2.75, 3.05) is 6.61 Å². The number of carbonyl (C=O) groups excluding carboxylic acids is 1. The molecular formula is C28H38O4S. The zero-order valence-electron chi connectivity index (χ0n) is 20.9. The Kier molecular flexibility index (Phi) is 9.47. The maximum atomic E-state index is 13.5. The van der Waals surface area contributed by atoms with E-state index in [-0.39, 0.29) is 18.0 Å². The summed E-state index contributed by atoms with van der Waals surface area (Å²) in [5.74, 6) is -0.358. The van der Waals surface area contributed by atoms with Gasteiger partial charge >= 0.3 is 5.97 Å². The molecular weight excluding hydrogens is 432 g/mol. The van der Waals surface area contributed by atoms with E-state index < -0.39 is 15.1 Å². The van der Waals surface area contributed by atoms with E-state index in [1.165, 1.54) is 24.5 Å². The van der Waals surface area contributed by atoms with Gasteiger partial charge in [0.25, 0.3) is 0 Å². The summed E-state index contributed by atoms with van der Waals surface area (Å²) < 4.78 is 31.9. The number of ether oxygens (including phenoxy) is 1. The summed E-state index contributed by atoms with van der Waals surface area (Å²) in [6.07, 6.45) is 11.6. The molecule has 0 bridgehead atoms. The molecule has 1 aliphatic carbocycles. The summed E-state index contributed by atoms with van der Waals surface area (Å²) >= 11 is 0. The number of sulfone groups is 1. The topological polar surface area (TPSA) is 60.4 Å². The molecule has 1 aromatic rings. The van der Waals surface area contributed by atoms with E-state index in [1.807, 2.05) is 32.1 Å². The third-order valence-corrected chi connectivity index (χ3v) is 8.25. The van der Waals surface area contributed by atoms with Gasteiger partial charge < -0.3 is 4.74 Å². The summed E-state index contributed by atoms with van der Waals surface area (Å²) in [4.78, 5) is 11.3. The van der Waals surface area contributed by atoms with Crippen molar-refractivity contribution >= 4 is 15.8 Å². The van der Waals surface area contributed by atoms with Crippen LogP contribution in [0.5, 0.6) is 0 Å². The van der Waals surface area contributed by atoms with Crippen molar-refractivity contribution in [2.45, 2.75) is 77.4 Å². The fraction of sp³-hybridized carbons (Fsp3) is 0.464. The molecule has 0 saturated carbocycles. The second kappa shape index (κ2) is 11.6. The second-order valence-electron chi connectivity index (χ2n) is 9.63. The van der Waals surface area contributed by atoms with Crippen LogP contribution in [0.4, 0.5) is 0 Å². The average Bonchev–Trinajstić information content (AvgIpc) is 2.72. The Morgan fingerprint density at radius 2 is 1.82 bits per heavy atom. The molecule has 2 rings (SSSR count). The highest BCUT2D eigenvalue weighted by molar-refractivity contribution is 7.92. The first-order valence-electron chi connectivity index (χ1n) is 11.6. The zero-order chi connectivity index (χ0) is 24.6. The summed E-state index contributed by atoms with van der Waals surface area (Å²) in [5, 5.41) is -0.715. The first kappa shape index (κ1) is 26.8. The Balaban J connectivity index is 2.36. The number of esters is 1. The number of allylic oxidation sites excluding steroid dienone is 6. The van der Waals surface area contributed by atoms with Crippen LogP contribution in [0.2, 0.25) is 0 Å². The maximum absolute atomic E-state index is 13.5. The van der Waals surface area contributed by atoms with Crippen molar-refractivity contribution in [3.05, 3.63) is 76.9 Å². The minimum Gasteiger partial charge on any atom is -0.462 e. The Morgan fingerprint density at radius 3 is 2.42 bits per heavy atom. The van der Waals surface area contributed by atoms with Crippen molar-refractivity contribution < 1.29 is 17.9 Å². The maximum Gasteiger partial charge on any atom is 0.302 e.